The van der Waals surface area contributed by atoms with Crippen molar-refractivity contribution in [3.8, 4) is 5.75 Å². The van der Waals surface area contributed by atoms with Crippen molar-refractivity contribution < 1.29 is 98.5 Å². The van der Waals surface area contributed by atoms with Gasteiger partial charge in [-0.25, -0.2) is 6.67 Å². The molecule has 2 N–H and O–H groups in total. The van der Waals surface area contributed by atoms with Crippen LogP contribution in [0.25, 0.3) is 0 Å². The number of carbonyl (C=O) groups is 1. The maximum absolute atomic E-state index is 12.2. The van der Waals surface area contributed by atoms with Crippen molar-refractivity contribution in [3.05, 3.63) is 36.5 Å². The van der Waals surface area contributed by atoms with Gasteiger partial charge in [-0.2, -0.15) is 0 Å². The van der Waals surface area contributed by atoms with E-state index >= 15 is 0 Å². The van der Waals surface area contributed by atoms with Crippen LogP contribution in [0.5, 0.6) is 5.75 Å². The van der Waals surface area contributed by atoms with Crippen molar-refractivity contribution in [2.24, 2.45) is 0 Å². The van der Waals surface area contributed by atoms with Gasteiger partial charge in [-0.1, -0.05) is 0 Å². The summed E-state index contributed by atoms with van der Waals surface area (Å²) in [4.78, 5) is 13.9. The molecule has 0 radical (unpaired) electrons. The molecule has 160 valence electrons. The van der Waals surface area contributed by atoms with Crippen LogP contribution in [-0.2, 0) is 18.3 Å². The van der Waals surface area contributed by atoms with Gasteiger partial charge >= 0.3 is 133 Å². The van der Waals surface area contributed by atoms with Gasteiger partial charge in [0.15, 0.2) is 0 Å². The SMILES string of the molecule is CCN(CC)C(=O)C(C)Oc1ccccc1[CH]=[Ru]([Cl])[Cl].[Ar].[Ar].[CH-]1NCCN1. The summed E-state index contributed by atoms with van der Waals surface area (Å²) in [6, 6.07) is 7.46. The second-order valence-electron chi connectivity index (χ2n) is 5.17. The molecule has 0 aliphatic carbocycles. The Morgan fingerprint density at radius 1 is 1.26 bits per heavy atom. The summed E-state index contributed by atoms with van der Waals surface area (Å²) in [6.07, 6.45) is -0.532. The molecule has 5 nitrogen and oxygen atoms in total. The predicted molar refractivity (Wildman–Crippen MR) is 102 cm³/mol. The van der Waals surface area contributed by atoms with Crippen LogP contribution in [0, 0.1) is 82.1 Å². The van der Waals surface area contributed by atoms with E-state index < -0.39 is 19.6 Å². The molecule has 10 heteroatoms. The fraction of sp³-hybridized carbons (Fsp3) is 0.471. The van der Waals surface area contributed by atoms with E-state index in [1.165, 1.54) is 0 Å². The predicted octanol–water partition coefficient (Wildman–Crippen LogP) is 2.70. The van der Waals surface area contributed by atoms with Crippen LogP contribution in [0.3, 0.4) is 0 Å². The summed E-state index contributed by atoms with van der Waals surface area (Å²) >= 11 is -1.92. The average Bonchev–Trinajstić information content (AvgIpc) is 3.17. The number of halogens is 2. The molecule has 0 aromatic heterocycles. The Kier molecular flexibility index (Phi) is 21.7. The number of nitrogens with zero attached hydrogens (tertiary/aromatic N) is 1. The Morgan fingerprint density at radius 2 is 1.81 bits per heavy atom. The fourth-order valence-electron chi connectivity index (χ4n) is 2.15. The van der Waals surface area contributed by atoms with Crippen molar-refractivity contribution >= 4 is 29.9 Å². The molecule has 1 aromatic rings. The zero-order chi connectivity index (χ0) is 18.7. The number of amides is 1. The molecular formula is C17H26Ar2Cl2N3O2Ru-. The standard InChI is InChI=1S/C14H19NO2.C3H7N2.2Ar.2ClH.Ru/c1-5-15(6-2)14(16)12(4)17-13-10-8-7-9-11(13)3;1-2-5-3-4-1;;;;;/h3,7-10,12H,5-6H2,1-2,4H3;3-5H,1-2H2;;;2*1H;/q;-1;;;;;+2/p-2. The van der Waals surface area contributed by atoms with E-state index in [4.69, 9.17) is 24.1 Å². The van der Waals surface area contributed by atoms with E-state index in [2.05, 4.69) is 10.6 Å². The Morgan fingerprint density at radius 3 is 2.26 bits per heavy atom. The van der Waals surface area contributed by atoms with Crippen LogP contribution in [0.4, 0.5) is 0 Å². The fourth-order valence-corrected chi connectivity index (χ4v) is 3.96. The first-order chi connectivity index (χ1) is 12.0. The molecule has 0 spiro atoms. The molecule has 1 amide bonds. The second-order valence-corrected chi connectivity index (χ2v) is 10.9. The van der Waals surface area contributed by atoms with Gasteiger partial charge in [-0.05, 0) is 13.1 Å². The number of hydrogen-bond donors (Lipinski definition) is 2. The van der Waals surface area contributed by atoms with E-state index in [0.717, 1.165) is 18.7 Å². The third-order valence-corrected chi connectivity index (χ3v) is 5.28. The topological polar surface area (TPSA) is 53.6 Å². The number of nitrogens with one attached hydrogen (secondary N) is 2. The molecular weight excluding hydrogens is 530 g/mol. The van der Waals surface area contributed by atoms with Crippen LogP contribution in [0.2, 0.25) is 0 Å². The minimum Gasteiger partial charge on any atom is -0.455 e. The van der Waals surface area contributed by atoms with Gasteiger partial charge in [0.25, 0.3) is 0 Å². The summed E-state index contributed by atoms with van der Waals surface area (Å²) < 4.78 is 7.59. The molecule has 1 heterocycles. The number of rotatable bonds is 6. The Labute approximate surface area is 235 Å². The second kappa shape index (κ2) is 18.7. The van der Waals surface area contributed by atoms with Gasteiger partial charge in [0, 0.05) is 75.5 Å². The Hall–Kier alpha value is 2.00. The smallest absolute Gasteiger partial charge is 0 e. The maximum Gasteiger partial charge on any atom is 0 e. The summed E-state index contributed by atoms with van der Waals surface area (Å²) in [7, 11) is 11.8. The molecule has 0 bridgehead atoms. The first kappa shape index (κ1) is 31.2. The molecule has 1 aliphatic rings. The summed E-state index contributed by atoms with van der Waals surface area (Å²) in [5.41, 5.74) is 0.843. The van der Waals surface area contributed by atoms with E-state index in [-0.39, 0.29) is 81.4 Å². The molecule has 27 heavy (non-hydrogen) atoms. The Bertz CT molecular complexity index is 563. The number of likely N-dealkylation sites (N-methyl/N-ethyl adjacent to an activating group) is 1. The molecule has 1 atom stereocenters. The van der Waals surface area contributed by atoms with Gasteiger partial charge < -0.3 is 10.6 Å². The van der Waals surface area contributed by atoms with Crippen LogP contribution in [0.1, 0.15) is 26.3 Å². The van der Waals surface area contributed by atoms with Gasteiger partial charge in [0.05, 0.1) is 0 Å². The monoisotopic (exact) mass is 556 g/mol. The van der Waals surface area contributed by atoms with Crippen molar-refractivity contribution in [1.29, 1.82) is 0 Å². The van der Waals surface area contributed by atoms with Gasteiger partial charge in [0.2, 0.25) is 0 Å². The van der Waals surface area contributed by atoms with Gasteiger partial charge in [0.1, 0.15) is 0 Å². The van der Waals surface area contributed by atoms with Crippen molar-refractivity contribution in [1.82, 2.24) is 15.5 Å². The van der Waals surface area contributed by atoms with E-state index in [1.54, 1.807) is 11.8 Å². The quantitative estimate of drug-likeness (QED) is 0.419. The number of ether oxygens (including phenoxy) is 1. The number of para-hydroxylation sites is 1. The zero-order valence-electron chi connectivity index (χ0n) is 15.5. The minimum atomic E-state index is -1.92. The first-order valence-electron chi connectivity index (χ1n) is 8.15. The van der Waals surface area contributed by atoms with Crippen molar-refractivity contribution in [3.63, 3.8) is 0 Å². The summed E-state index contributed by atoms with van der Waals surface area (Å²) in [6.45, 7) is 11.0. The first-order valence-corrected chi connectivity index (χ1v) is 13.6. The van der Waals surface area contributed by atoms with E-state index in [1.807, 2.05) is 49.4 Å². The number of carbonyl (C=O) groups excluding carboxylic acids is 1. The van der Waals surface area contributed by atoms with Crippen LogP contribution >= 0.6 is 19.4 Å². The molecule has 0 saturated carbocycles. The van der Waals surface area contributed by atoms with E-state index in [9.17, 15) is 4.79 Å². The molecule has 1 saturated heterocycles. The van der Waals surface area contributed by atoms with Crippen LogP contribution in [0.15, 0.2) is 24.3 Å². The van der Waals surface area contributed by atoms with Crippen LogP contribution in [-0.4, -0.2) is 47.7 Å². The average molecular weight is 556 g/mol. The summed E-state index contributed by atoms with van der Waals surface area (Å²) in [5.74, 6) is 0.622. The normalized spacial score (nSPS) is 13.7. The zero-order valence-corrected chi connectivity index (χ0v) is 20.1. The number of hydrogen-bond acceptors (Lipinski definition) is 4. The van der Waals surface area contributed by atoms with E-state index in [0.29, 0.717) is 18.8 Å². The maximum atomic E-state index is 12.2. The van der Waals surface area contributed by atoms with Crippen molar-refractivity contribution in [2.45, 2.75) is 26.9 Å². The minimum absolute atomic E-state index is 0. The van der Waals surface area contributed by atoms with Gasteiger partial charge in [-0.3, -0.25) is 0 Å². The Balaban J connectivity index is 0. The number of benzene rings is 1. The summed E-state index contributed by atoms with van der Waals surface area (Å²) in [5, 5.41) is 5.97. The molecule has 1 aromatic carbocycles. The molecule has 1 aliphatic heterocycles. The molecule has 2 rings (SSSR count). The van der Waals surface area contributed by atoms with Crippen molar-refractivity contribution in [2.75, 3.05) is 26.2 Å². The molecule has 1 fully saturated rings. The third-order valence-electron chi connectivity index (χ3n) is 3.45. The van der Waals surface area contributed by atoms with Gasteiger partial charge in [-0.15, -0.1) is 0 Å². The molecule has 1 unspecified atom stereocenters. The largest absolute Gasteiger partial charge is 0.455 e. The van der Waals surface area contributed by atoms with Crippen LogP contribution < -0.4 is 15.4 Å². The third kappa shape index (κ3) is 13.1.